The Morgan fingerprint density at radius 3 is 2.61 bits per heavy atom. The summed E-state index contributed by atoms with van der Waals surface area (Å²) in [6, 6.07) is 13.9. The van der Waals surface area contributed by atoms with Crippen LogP contribution in [0, 0.1) is 0 Å². The number of para-hydroxylation sites is 1. The number of likely N-dealkylation sites (N-methyl/N-ethyl adjacent to an activating group) is 1. The van der Waals surface area contributed by atoms with Crippen molar-refractivity contribution in [1.82, 2.24) is 9.47 Å². The molecular formula is C29H35N3O4. The molecule has 0 saturated heterocycles. The molecule has 3 aromatic rings. The summed E-state index contributed by atoms with van der Waals surface area (Å²) in [5, 5.41) is 10.9. The van der Waals surface area contributed by atoms with Gasteiger partial charge in [-0.05, 0) is 42.5 Å². The first kappa shape index (κ1) is 24.4. The van der Waals surface area contributed by atoms with Crippen LogP contribution in [0.4, 0.5) is 5.69 Å². The van der Waals surface area contributed by atoms with Crippen molar-refractivity contribution in [2.75, 3.05) is 45.3 Å². The fraction of sp³-hybridized carbons (Fsp3) is 0.448. The quantitative estimate of drug-likeness (QED) is 0.507. The zero-order valence-electron chi connectivity index (χ0n) is 21.2. The topological polar surface area (TPSA) is 75.0 Å². The summed E-state index contributed by atoms with van der Waals surface area (Å²) in [7, 11) is 3.46. The number of amides is 1. The molecule has 0 atom stereocenters. The SMILES string of the molecule is COCCN(C)C(=O)CN1CCn2c(c(C3CCCCC3)c3ccc(C(=O)O)cc32)-c2ccccc21. The molecular weight excluding hydrogens is 454 g/mol. The van der Waals surface area contributed by atoms with Crippen LogP contribution in [0.5, 0.6) is 0 Å². The van der Waals surface area contributed by atoms with E-state index in [2.05, 4.69) is 27.7 Å². The highest BCUT2D eigenvalue weighted by Gasteiger charge is 2.31. The number of benzene rings is 2. The molecule has 5 rings (SSSR count). The fourth-order valence-corrected chi connectivity index (χ4v) is 5.93. The van der Waals surface area contributed by atoms with Crippen molar-refractivity contribution >= 4 is 28.5 Å². The maximum atomic E-state index is 13.1. The van der Waals surface area contributed by atoms with Gasteiger partial charge < -0.3 is 24.2 Å². The summed E-state index contributed by atoms with van der Waals surface area (Å²) in [4.78, 5) is 28.8. The Balaban J connectivity index is 1.63. The van der Waals surface area contributed by atoms with Crippen molar-refractivity contribution in [2.45, 2.75) is 44.6 Å². The third-order valence-corrected chi connectivity index (χ3v) is 7.84. The van der Waals surface area contributed by atoms with Crippen LogP contribution in [0.2, 0.25) is 0 Å². The number of carbonyl (C=O) groups is 2. The highest BCUT2D eigenvalue weighted by molar-refractivity contribution is 6.00. The molecule has 7 heteroatoms. The second-order valence-electron chi connectivity index (χ2n) is 10.0. The van der Waals surface area contributed by atoms with Gasteiger partial charge in [-0.2, -0.15) is 0 Å². The van der Waals surface area contributed by atoms with Crippen molar-refractivity contribution in [3.8, 4) is 11.3 Å². The average Bonchev–Trinajstić information content (AvgIpc) is 3.14. The smallest absolute Gasteiger partial charge is 0.335 e. The number of rotatable bonds is 7. The molecule has 2 aliphatic rings. The van der Waals surface area contributed by atoms with Crippen LogP contribution in [0.15, 0.2) is 42.5 Å². The lowest BCUT2D eigenvalue weighted by Gasteiger charge is -2.27. The standard InChI is InChI=1S/C29H35N3O4/c1-30(16-17-36-2)26(33)19-31-14-15-32-25-18-21(29(34)35)12-13-22(25)27(20-8-4-3-5-9-20)28(32)23-10-6-7-11-24(23)31/h6-7,10-13,18,20H,3-5,8-9,14-17,19H2,1-2H3,(H,34,35). The first-order chi connectivity index (χ1) is 17.5. The lowest BCUT2D eigenvalue weighted by Crippen LogP contribution is -2.40. The Hall–Kier alpha value is -3.32. The van der Waals surface area contributed by atoms with Gasteiger partial charge in [-0.25, -0.2) is 4.79 Å². The molecule has 36 heavy (non-hydrogen) atoms. The monoisotopic (exact) mass is 489 g/mol. The van der Waals surface area contributed by atoms with Crippen molar-refractivity contribution in [2.24, 2.45) is 0 Å². The Morgan fingerprint density at radius 2 is 1.86 bits per heavy atom. The zero-order valence-corrected chi connectivity index (χ0v) is 21.2. The largest absolute Gasteiger partial charge is 0.478 e. The van der Waals surface area contributed by atoms with Gasteiger partial charge in [0.1, 0.15) is 0 Å². The number of carboxylic acid groups (broad SMARTS) is 1. The van der Waals surface area contributed by atoms with Gasteiger partial charge in [0.05, 0.1) is 24.4 Å². The Bertz CT molecular complexity index is 1280. The molecule has 1 N–H and O–H groups in total. The summed E-state index contributed by atoms with van der Waals surface area (Å²) in [6.45, 7) is 2.70. The van der Waals surface area contributed by atoms with E-state index in [1.54, 1.807) is 18.1 Å². The van der Waals surface area contributed by atoms with Gasteiger partial charge >= 0.3 is 5.97 Å². The van der Waals surface area contributed by atoms with Gasteiger partial charge in [-0.1, -0.05) is 43.5 Å². The molecule has 2 aromatic carbocycles. The molecule has 1 amide bonds. The number of carbonyl (C=O) groups excluding carboxylic acids is 1. The average molecular weight is 490 g/mol. The predicted octanol–water partition coefficient (Wildman–Crippen LogP) is 4.98. The molecule has 0 spiro atoms. The van der Waals surface area contributed by atoms with Crippen LogP contribution in [-0.4, -0.2) is 66.8 Å². The number of hydrogen-bond donors (Lipinski definition) is 1. The van der Waals surface area contributed by atoms with Crippen LogP contribution < -0.4 is 4.90 Å². The normalized spacial score (nSPS) is 15.9. The molecule has 7 nitrogen and oxygen atoms in total. The van der Waals surface area contributed by atoms with E-state index in [0.29, 0.717) is 44.3 Å². The molecule has 1 aliphatic heterocycles. The molecule has 190 valence electrons. The van der Waals surface area contributed by atoms with E-state index in [4.69, 9.17) is 4.74 Å². The Labute approximate surface area is 212 Å². The number of ether oxygens (including phenoxy) is 1. The van der Waals surface area contributed by atoms with Crippen molar-refractivity contribution in [3.63, 3.8) is 0 Å². The van der Waals surface area contributed by atoms with Crippen molar-refractivity contribution in [1.29, 1.82) is 0 Å². The highest BCUT2D eigenvalue weighted by atomic mass is 16.5. The fourth-order valence-electron chi connectivity index (χ4n) is 5.93. The maximum Gasteiger partial charge on any atom is 0.335 e. The van der Waals surface area contributed by atoms with E-state index in [1.807, 2.05) is 25.2 Å². The third-order valence-electron chi connectivity index (χ3n) is 7.84. The lowest BCUT2D eigenvalue weighted by molar-refractivity contribution is -0.129. The number of aromatic carboxylic acids is 1. The summed E-state index contributed by atoms with van der Waals surface area (Å²) in [6.07, 6.45) is 6.03. The summed E-state index contributed by atoms with van der Waals surface area (Å²) in [5.74, 6) is -0.402. The van der Waals surface area contributed by atoms with Crippen LogP contribution in [-0.2, 0) is 16.1 Å². The highest BCUT2D eigenvalue weighted by Crippen LogP contribution is 2.47. The number of carboxylic acids is 1. The summed E-state index contributed by atoms with van der Waals surface area (Å²) in [5.41, 5.74) is 6.00. The van der Waals surface area contributed by atoms with E-state index < -0.39 is 5.97 Å². The van der Waals surface area contributed by atoms with Gasteiger partial charge in [-0.15, -0.1) is 0 Å². The molecule has 0 unspecified atom stereocenters. The predicted molar refractivity (Wildman–Crippen MR) is 142 cm³/mol. The van der Waals surface area contributed by atoms with E-state index >= 15 is 0 Å². The minimum Gasteiger partial charge on any atom is -0.478 e. The van der Waals surface area contributed by atoms with Gasteiger partial charge in [0, 0.05) is 55.9 Å². The van der Waals surface area contributed by atoms with Gasteiger partial charge in [-0.3, -0.25) is 4.79 Å². The molecule has 1 fully saturated rings. The van der Waals surface area contributed by atoms with Gasteiger partial charge in [0.2, 0.25) is 5.91 Å². The number of aromatic nitrogens is 1. The third kappa shape index (κ3) is 4.48. The van der Waals surface area contributed by atoms with E-state index in [1.165, 1.54) is 35.9 Å². The van der Waals surface area contributed by atoms with Crippen LogP contribution in [0.1, 0.15) is 53.9 Å². The number of hydrogen-bond acceptors (Lipinski definition) is 4. The van der Waals surface area contributed by atoms with Gasteiger partial charge in [0.25, 0.3) is 0 Å². The second kappa shape index (κ2) is 10.3. The minimum atomic E-state index is -0.910. The Morgan fingerprint density at radius 1 is 1.08 bits per heavy atom. The van der Waals surface area contributed by atoms with Gasteiger partial charge in [0.15, 0.2) is 0 Å². The molecule has 0 radical (unpaired) electrons. The molecule has 0 bridgehead atoms. The van der Waals surface area contributed by atoms with Crippen LogP contribution in [0.25, 0.3) is 22.2 Å². The minimum absolute atomic E-state index is 0.0546. The van der Waals surface area contributed by atoms with Crippen LogP contribution in [0.3, 0.4) is 0 Å². The maximum absolute atomic E-state index is 13.1. The molecule has 1 saturated carbocycles. The van der Waals surface area contributed by atoms with E-state index in [0.717, 1.165) is 29.6 Å². The molecule has 2 heterocycles. The lowest BCUT2D eigenvalue weighted by atomic mass is 9.81. The zero-order chi connectivity index (χ0) is 25.2. The summed E-state index contributed by atoms with van der Waals surface area (Å²) < 4.78 is 7.46. The second-order valence-corrected chi connectivity index (χ2v) is 10.0. The number of nitrogens with zero attached hydrogens (tertiary/aromatic N) is 3. The summed E-state index contributed by atoms with van der Waals surface area (Å²) >= 11 is 0. The first-order valence-electron chi connectivity index (χ1n) is 13.0. The molecule has 1 aromatic heterocycles. The molecule has 1 aliphatic carbocycles. The number of fused-ring (bicyclic) bond motifs is 5. The van der Waals surface area contributed by atoms with E-state index in [9.17, 15) is 14.7 Å². The number of methoxy groups -OCH3 is 1. The number of anilines is 1. The van der Waals surface area contributed by atoms with Crippen LogP contribution >= 0.6 is 0 Å². The Kier molecular flexibility index (Phi) is 7.01. The van der Waals surface area contributed by atoms with Crippen molar-refractivity contribution < 1.29 is 19.4 Å². The van der Waals surface area contributed by atoms with E-state index in [-0.39, 0.29) is 5.91 Å². The van der Waals surface area contributed by atoms with Crippen molar-refractivity contribution in [3.05, 3.63) is 53.6 Å². The first-order valence-corrected chi connectivity index (χ1v) is 13.0.